The monoisotopic (exact) mass is 617 g/mol. The number of nitrogens with zero attached hydrogens (tertiary/aromatic N) is 3. The molecular formula is C34H43N3O6Si. The fourth-order valence-electron chi connectivity index (χ4n) is 8.21. The average molecular weight is 618 g/mol. The zero-order chi connectivity index (χ0) is 31.4. The Bertz CT molecular complexity index is 1480. The van der Waals surface area contributed by atoms with Crippen LogP contribution in [-0.4, -0.2) is 81.3 Å². The lowest BCUT2D eigenvalue weighted by molar-refractivity contribution is -0.149. The van der Waals surface area contributed by atoms with Crippen LogP contribution in [0.2, 0.25) is 18.6 Å². The lowest BCUT2D eigenvalue weighted by Gasteiger charge is -2.37. The summed E-state index contributed by atoms with van der Waals surface area (Å²) in [6.07, 6.45) is 3.48. The fourth-order valence-corrected chi connectivity index (χ4v) is 12.2. The molecule has 0 aromatic heterocycles. The van der Waals surface area contributed by atoms with Gasteiger partial charge in [0.1, 0.15) is 5.75 Å². The number of aliphatic hydroxyl groups is 1. The second-order valence-corrected chi connectivity index (χ2v) is 17.8. The van der Waals surface area contributed by atoms with Gasteiger partial charge in [-0.05, 0) is 48.7 Å². The number of amides is 3. The normalized spacial score (nSPS) is 28.1. The molecule has 234 valence electrons. The van der Waals surface area contributed by atoms with Gasteiger partial charge in [-0.1, -0.05) is 43.4 Å². The predicted molar refractivity (Wildman–Crippen MR) is 172 cm³/mol. The number of hydrogen-bond acceptors (Lipinski definition) is 6. The molecule has 1 spiro atoms. The van der Waals surface area contributed by atoms with E-state index in [1.165, 1.54) is 5.19 Å². The van der Waals surface area contributed by atoms with E-state index in [1.807, 2.05) is 30.3 Å². The predicted octanol–water partition coefficient (Wildman–Crippen LogP) is 3.55. The maximum absolute atomic E-state index is 14.6. The molecule has 0 radical (unpaired) electrons. The van der Waals surface area contributed by atoms with E-state index in [2.05, 4.69) is 38.7 Å². The molecule has 0 aliphatic carbocycles. The second-order valence-electron chi connectivity index (χ2n) is 13.1. The molecule has 4 aliphatic heterocycles. The van der Waals surface area contributed by atoms with Crippen LogP contribution in [0.1, 0.15) is 38.2 Å². The van der Waals surface area contributed by atoms with Gasteiger partial charge in [-0.25, -0.2) is 0 Å². The van der Waals surface area contributed by atoms with Crippen LogP contribution in [0.3, 0.4) is 0 Å². The Labute approximate surface area is 260 Å². The van der Waals surface area contributed by atoms with E-state index < -0.39 is 19.8 Å². The van der Waals surface area contributed by atoms with Gasteiger partial charge in [0.25, 0.3) is 5.91 Å². The summed E-state index contributed by atoms with van der Waals surface area (Å²) >= 11 is 0. The van der Waals surface area contributed by atoms with Crippen molar-refractivity contribution in [2.24, 2.45) is 5.92 Å². The topological polar surface area (TPSA) is 99.6 Å². The zero-order valence-corrected chi connectivity index (χ0v) is 27.1. The van der Waals surface area contributed by atoms with E-state index in [0.29, 0.717) is 26.1 Å². The van der Waals surface area contributed by atoms with Crippen molar-refractivity contribution in [3.05, 3.63) is 60.7 Å². The molecule has 3 fully saturated rings. The summed E-state index contributed by atoms with van der Waals surface area (Å²) in [5.41, 5.74) is 0.866. The third kappa shape index (κ3) is 4.61. The number of aliphatic hydroxyl groups excluding tert-OH is 1. The van der Waals surface area contributed by atoms with E-state index in [0.717, 1.165) is 35.5 Å². The minimum absolute atomic E-state index is 0.0473. The molecule has 4 heterocycles. The van der Waals surface area contributed by atoms with Crippen molar-refractivity contribution in [1.29, 1.82) is 0 Å². The number of ether oxygens (including phenoxy) is 2. The molecular weight excluding hydrogens is 574 g/mol. The van der Waals surface area contributed by atoms with Crippen molar-refractivity contribution in [2.45, 2.75) is 69.0 Å². The number of fused-ring (bicyclic) bond motifs is 2. The van der Waals surface area contributed by atoms with Crippen LogP contribution in [0.5, 0.6) is 5.75 Å². The van der Waals surface area contributed by atoms with Crippen molar-refractivity contribution in [2.75, 3.05) is 43.2 Å². The lowest BCUT2D eigenvalue weighted by atomic mass is 9.82. The summed E-state index contributed by atoms with van der Waals surface area (Å²) in [5, 5.41) is 11.1. The van der Waals surface area contributed by atoms with Gasteiger partial charge in [-0.15, -0.1) is 6.58 Å². The second kappa shape index (κ2) is 11.5. The smallest absolute Gasteiger partial charge is 0.264 e. The molecule has 6 rings (SSSR count). The van der Waals surface area contributed by atoms with Gasteiger partial charge in [0, 0.05) is 43.2 Å². The molecule has 10 heteroatoms. The highest BCUT2D eigenvalue weighted by Crippen LogP contribution is 2.60. The number of hydrogen-bond donors (Lipinski definition) is 1. The van der Waals surface area contributed by atoms with Gasteiger partial charge in [-0.2, -0.15) is 0 Å². The molecule has 2 aromatic rings. The Kier molecular flexibility index (Phi) is 7.96. The maximum Gasteiger partial charge on any atom is 0.264 e. The first-order valence-electron chi connectivity index (χ1n) is 15.7. The lowest BCUT2D eigenvalue weighted by Crippen LogP contribution is -2.52. The van der Waals surface area contributed by atoms with Crippen LogP contribution in [0.25, 0.3) is 0 Å². The number of benzene rings is 2. The summed E-state index contributed by atoms with van der Waals surface area (Å²) in [4.78, 5) is 46.2. The molecule has 1 N–H and O–H groups in total. The maximum atomic E-state index is 14.6. The van der Waals surface area contributed by atoms with Crippen molar-refractivity contribution >= 4 is 42.4 Å². The summed E-state index contributed by atoms with van der Waals surface area (Å²) in [5.74, 6) is 0.370. The molecule has 2 aromatic carbocycles. The zero-order valence-electron chi connectivity index (χ0n) is 26.1. The number of carbonyl (C=O) groups excluding carboxylic acids is 3. The van der Waals surface area contributed by atoms with Crippen LogP contribution < -0.4 is 19.7 Å². The van der Waals surface area contributed by atoms with Crippen LogP contribution >= 0.6 is 0 Å². The molecule has 3 saturated heterocycles. The average Bonchev–Trinajstić information content (AvgIpc) is 3.67. The molecule has 0 bridgehead atoms. The van der Waals surface area contributed by atoms with E-state index in [9.17, 15) is 19.5 Å². The third-order valence-corrected chi connectivity index (χ3v) is 14.9. The molecule has 0 saturated carbocycles. The van der Waals surface area contributed by atoms with E-state index in [-0.39, 0.29) is 48.3 Å². The molecule has 3 amide bonds. The number of anilines is 2. The van der Waals surface area contributed by atoms with Gasteiger partial charge < -0.3 is 29.3 Å². The highest BCUT2D eigenvalue weighted by molar-refractivity contribution is 6.91. The quantitative estimate of drug-likeness (QED) is 0.263. The Hall–Kier alpha value is -3.47. The Morgan fingerprint density at radius 1 is 1.18 bits per heavy atom. The Morgan fingerprint density at radius 2 is 1.93 bits per heavy atom. The fraction of sp³-hybridized carbons (Fsp3) is 0.500. The Balaban J connectivity index is 1.46. The van der Waals surface area contributed by atoms with Crippen LogP contribution in [0.15, 0.2) is 55.1 Å². The molecule has 5 atom stereocenters. The third-order valence-electron chi connectivity index (χ3n) is 10.6. The molecule has 0 unspecified atom stereocenters. The summed E-state index contributed by atoms with van der Waals surface area (Å²) in [6, 6.07) is 13.7. The van der Waals surface area contributed by atoms with Gasteiger partial charge in [0.05, 0.1) is 46.0 Å². The van der Waals surface area contributed by atoms with E-state index in [1.54, 1.807) is 27.9 Å². The highest BCUT2D eigenvalue weighted by atomic mass is 28.3. The van der Waals surface area contributed by atoms with Crippen LogP contribution in [0.4, 0.5) is 11.4 Å². The summed E-state index contributed by atoms with van der Waals surface area (Å²) < 4.78 is 12.5. The first kappa shape index (κ1) is 30.5. The van der Waals surface area contributed by atoms with Gasteiger partial charge in [0.2, 0.25) is 11.8 Å². The minimum atomic E-state index is -2.42. The summed E-state index contributed by atoms with van der Waals surface area (Å²) in [6.45, 7) is 12.1. The van der Waals surface area contributed by atoms with Crippen LogP contribution in [0, 0.1) is 5.92 Å². The first-order chi connectivity index (χ1) is 21.1. The van der Waals surface area contributed by atoms with Crippen molar-refractivity contribution in [3.8, 4) is 5.75 Å². The number of likely N-dealkylation sites (tertiary alicyclic amines) is 1. The van der Waals surface area contributed by atoms with Gasteiger partial charge in [-0.3, -0.25) is 14.4 Å². The molecule has 9 nitrogen and oxygen atoms in total. The van der Waals surface area contributed by atoms with Crippen molar-refractivity contribution in [3.63, 3.8) is 0 Å². The largest absolute Gasteiger partial charge is 0.497 e. The standard InChI is InChI=1S/C34H43N3O6Si/c1-6-16-37-28-14-9-23(36-18-15-30(36)39)19-27(28)34(33(37)41)22(2)32(44(4,5)26-12-10-25(42-3)11-13-26)29(43-34)20-31(40)35-17-7-8-24(35)21-38/h6,9-14,19,22,24,29,32,38H,1,7-8,15-18,20-21H2,2-5H3/t22-,24+,29+,32-,34+/m1/s1. The van der Waals surface area contributed by atoms with E-state index in [4.69, 9.17) is 9.47 Å². The van der Waals surface area contributed by atoms with Crippen molar-refractivity contribution < 1.29 is 29.0 Å². The van der Waals surface area contributed by atoms with Crippen LogP contribution in [-0.2, 0) is 24.7 Å². The number of methoxy groups -OCH3 is 1. The molecule has 4 aliphatic rings. The van der Waals surface area contributed by atoms with Gasteiger partial charge >= 0.3 is 0 Å². The Morgan fingerprint density at radius 3 is 2.55 bits per heavy atom. The van der Waals surface area contributed by atoms with Crippen molar-refractivity contribution in [1.82, 2.24) is 4.90 Å². The van der Waals surface area contributed by atoms with E-state index >= 15 is 0 Å². The summed E-state index contributed by atoms with van der Waals surface area (Å²) in [7, 11) is -0.776. The van der Waals surface area contributed by atoms with Gasteiger partial charge in [0.15, 0.2) is 5.60 Å². The number of β-lactam (4-membered cyclic amide) rings is 1. The number of carbonyl (C=O) groups is 3. The highest BCUT2D eigenvalue weighted by Gasteiger charge is 2.66. The molecule has 44 heavy (non-hydrogen) atoms. The SMILES string of the molecule is C=CCN1C(=O)[C@@]2(O[C@@H](CC(=O)N3CCC[C@H]3CO)[C@H]([Si](C)(C)c3ccc(OC)cc3)[C@H]2C)c2cc(N3CCC3=O)ccc21. The minimum Gasteiger partial charge on any atom is -0.497 e. The number of rotatable bonds is 9. The first-order valence-corrected chi connectivity index (χ1v) is 18.8.